The molecule has 0 aliphatic rings. The Labute approximate surface area is 176 Å². The number of amides is 1. The van der Waals surface area contributed by atoms with Crippen LogP contribution in [0.1, 0.15) is 21.5 Å². The van der Waals surface area contributed by atoms with Crippen molar-refractivity contribution in [1.29, 1.82) is 5.26 Å². The van der Waals surface area contributed by atoms with Crippen molar-refractivity contribution in [3.05, 3.63) is 89.5 Å². The van der Waals surface area contributed by atoms with Gasteiger partial charge in [0.1, 0.15) is 0 Å². The van der Waals surface area contributed by atoms with Crippen LogP contribution in [-0.4, -0.2) is 14.3 Å². The Kier molecular flexibility index (Phi) is 5.99. The smallest absolute Gasteiger partial charge is 0.322 e. The van der Waals surface area contributed by atoms with Gasteiger partial charge in [0.15, 0.2) is 0 Å². The number of nitriles is 1. The molecule has 0 spiro atoms. The number of hydrogen-bond acceptors (Lipinski definition) is 4. The molecule has 6 nitrogen and oxygen atoms in total. The molecule has 0 aromatic heterocycles. The number of sulfonamides is 1. The van der Waals surface area contributed by atoms with Gasteiger partial charge in [0.25, 0.3) is 15.9 Å². The van der Waals surface area contributed by atoms with Crippen LogP contribution in [0.4, 0.5) is 24.5 Å². The molecule has 0 aliphatic carbocycles. The molecule has 1 amide bonds. The minimum Gasteiger partial charge on any atom is -0.322 e. The Morgan fingerprint density at radius 2 is 1.55 bits per heavy atom. The van der Waals surface area contributed by atoms with Crippen molar-refractivity contribution >= 4 is 27.3 Å². The number of carbonyl (C=O) groups is 1. The molecular weight excluding hydrogens is 431 g/mol. The van der Waals surface area contributed by atoms with Crippen LogP contribution in [0.2, 0.25) is 0 Å². The number of rotatable bonds is 5. The van der Waals surface area contributed by atoms with Crippen LogP contribution < -0.4 is 10.0 Å². The lowest BCUT2D eigenvalue weighted by Gasteiger charge is -2.12. The van der Waals surface area contributed by atoms with Crippen LogP contribution in [0.3, 0.4) is 0 Å². The van der Waals surface area contributed by atoms with Crippen LogP contribution in [0.5, 0.6) is 0 Å². The minimum absolute atomic E-state index is 0.168. The number of benzene rings is 3. The topological polar surface area (TPSA) is 99.1 Å². The molecule has 0 fully saturated rings. The van der Waals surface area contributed by atoms with Crippen LogP contribution in [0.15, 0.2) is 77.7 Å². The highest BCUT2D eigenvalue weighted by molar-refractivity contribution is 7.92. The summed E-state index contributed by atoms with van der Waals surface area (Å²) in [6.45, 7) is 0. The fourth-order valence-electron chi connectivity index (χ4n) is 2.61. The molecule has 0 bridgehead atoms. The summed E-state index contributed by atoms with van der Waals surface area (Å²) < 4.78 is 65.9. The second-order valence-corrected chi connectivity index (χ2v) is 8.04. The third-order valence-corrected chi connectivity index (χ3v) is 5.50. The zero-order valence-electron chi connectivity index (χ0n) is 15.6. The molecule has 3 aromatic rings. The summed E-state index contributed by atoms with van der Waals surface area (Å²) in [5, 5.41) is 11.3. The first kappa shape index (κ1) is 21.9. The van der Waals surface area contributed by atoms with Gasteiger partial charge >= 0.3 is 6.18 Å². The molecular formula is C21H14F3N3O3S. The van der Waals surface area contributed by atoms with E-state index in [9.17, 15) is 26.4 Å². The molecule has 0 saturated carbocycles. The Morgan fingerprint density at radius 1 is 0.903 bits per heavy atom. The summed E-state index contributed by atoms with van der Waals surface area (Å²) in [5.41, 5.74) is -0.432. The number of anilines is 2. The molecule has 0 heterocycles. The number of carbonyl (C=O) groups excluding carboxylic acids is 1. The number of alkyl halides is 3. The first-order valence-corrected chi connectivity index (χ1v) is 10.2. The van der Waals surface area contributed by atoms with E-state index in [0.29, 0.717) is 11.6 Å². The van der Waals surface area contributed by atoms with Gasteiger partial charge in [-0.2, -0.15) is 18.4 Å². The summed E-state index contributed by atoms with van der Waals surface area (Å²) in [5.74, 6) is -0.523. The van der Waals surface area contributed by atoms with Crippen molar-refractivity contribution in [2.75, 3.05) is 10.0 Å². The number of halogens is 3. The second kappa shape index (κ2) is 8.49. The maximum atomic E-state index is 12.8. The Morgan fingerprint density at radius 3 is 2.19 bits per heavy atom. The van der Waals surface area contributed by atoms with Gasteiger partial charge in [-0.3, -0.25) is 9.52 Å². The molecule has 0 atom stereocenters. The second-order valence-electron chi connectivity index (χ2n) is 6.36. The van der Waals surface area contributed by atoms with E-state index in [0.717, 1.165) is 12.1 Å². The first-order chi connectivity index (χ1) is 14.6. The summed E-state index contributed by atoms with van der Waals surface area (Å²) in [6.07, 6.45) is -4.61. The van der Waals surface area contributed by atoms with E-state index in [1.54, 1.807) is 0 Å². The van der Waals surface area contributed by atoms with E-state index in [4.69, 9.17) is 5.26 Å². The van der Waals surface area contributed by atoms with Crippen LogP contribution in [0, 0.1) is 11.3 Å². The maximum Gasteiger partial charge on any atom is 0.416 e. The highest BCUT2D eigenvalue weighted by atomic mass is 32.2. The van der Waals surface area contributed by atoms with Crippen LogP contribution in [0.25, 0.3) is 0 Å². The average molecular weight is 445 g/mol. The minimum atomic E-state index is -4.61. The molecule has 0 radical (unpaired) electrons. The average Bonchev–Trinajstić information content (AvgIpc) is 2.73. The molecule has 31 heavy (non-hydrogen) atoms. The van der Waals surface area contributed by atoms with Crippen LogP contribution in [-0.2, 0) is 16.2 Å². The summed E-state index contributed by atoms with van der Waals surface area (Å²) in [4.78, 5) is 12.1. The number of nitrogens with zero attached hydrogens (tertiary/aromatic N) is 1. The van der Waals surface area contributed by atoms with Gasteiger partial charge in [-0.25, -0.2) is 8.42 Å². The lowest BCUT2D eigenvalue weighted by Crippen LogP contribution is -2.15. The predicted molar refractivity (Wildman–Crippen MR) is 108 cm³/mol. The zero-order chi connectivity index (χ0) is 22.6. The van der Waals surface area contributed by atoms with Gasteiger partial charge in [0.05, 0.1) is 22.1 Å². The van der Waals surface area contributed by atoms with Gasteiger partial charge in [0, 0.05) is 16.9 Å². The maximum absolute atomic E-state index is 12.8. The van der Waals surface area contributed by atoms with Crippen molar-refractivity contribution in [2.45, 2.75) is 11.1 Å². The molecule has 10 heteroatoms. The Hall–Kier alpha value is -3.84. The summed E-state index contributed by atoms with van der Waals surface area (Å²) >= 11 is 0. The van der Waals surface area contributed by atoms with E-state index in [2.05, 4.69) is 10.0 Å². The van der Waals surface area contributed by atoms with Gasteiger partial charge < -0.3 is 5.32 Å². The molecule has 0 saturated heterocycles. The van der Waals surface area contributed by atoms with Gasteiger partial charge in [-0.1, -0.05) is 12.1 Å². The normalized spacial score (nSPS) is 11.4. The van der Waals surface area contributed by atoms with E-state index in [1.807, 2.05) is 6.07 Å². The largest absolute Gasteiger partial charge is 0.416 e. The van der Waals surface area contributed by atoms with E-state index < -0.39 is 27.7 Å². The van der Waals surface area contributed by atoms with Crippen molar-refractivity contribution in [3.63, 3.8) is 0 Å². The fraction of sp³-hybridized carbons (Fsp3) is 0.0476. The lowest BCUT2D eigenvalue weighted by atomic mass is 10.1. The van der Waals surface area contributed by atoms with Gasteiger partial charge in [-0.05, 0) is 60.7 Å². The molecule has 3 rings (SSSR count). The third-order valence-electron chi connectivity index (χ3n) is 4.12. The lowest BCUT2D eigenvalue weighted by molar-refractivity contribution is -0.137. The molecule has 158 valence electrons. The summed E-state index contributed by atoms with van der Waals surface area (Å²) in [6, 6.07) is 16.8. The van der Waals surface area contributed by atoms with Crippen molar-refractivity contribution in [1.82, 2.24) is 0 Å². The van der Waals surface area contributed by atoms with Crippen LogP contribution >= 0.6 is 0 Å². The molecule has 0 aliphatic heterocycles. The number of nitrogens with one attached hydrogen (secondary N) is 2. The monoisotopic (exact) mass is 445 g/mol. The molecule has 3 aromatic carbocycles. The predicted octanol–water partition coefficient (Wildman–Crippen LogP) is 4.63. The zero-order valence-corrected chi connectivity index (χ0v) is 16.5. The molecule has 0 unspecified atom stereocenters. The number of hydrogen-bond donors (Lipinski definition) is 2. The first-order valence-electron chi connectivity index (χ1n) is 8.70. The van der Waals surface area contributed by atoms with Gasteiger partial charge in [0.2, 0.25) is 0 Å². The fourth-order valence-corrected chi connectivity index (χ4v) is 3.71. The van der Waals surface area contributed by atoms with Crippen molar-refractivity contribution in [2.24, 2.45) is 0 Å². The Balaban J connectivity index is 1.80. The van der Waals surface area contributed by atoms with Crippen molar-refractivity contribution < 1.29 is 26.4 Å². The van der Waals surface area contributed by atoms with E-state index in [-0.39, 0.29) is 21.8 Å². The standard InChI is InChI=1S/C21H14F3N3O3S/c22-21(23,24)16-3-1-5-18(11-16)27-31(29,30)19-6-2-4-17(12-19)26-20(28)15-9-7-14(13-25)8-10-15/h1-12,27H,(H,26,28). The summed E-state index contributed by atoms with van der Waals surface area (Å²) in [7, 11) is -4.21. The van der Waals surface area contributed by atoms with E-state index in [1.165, 1.54) is 54.6 Å². The van der Waals surface area contributed by atoms with E-state index >= 15 is 0 Å². The molecule has 2 N–H and O–H groups in total. The van der Waals surface area contributed by atoms with Crippen molar-refractivity contribution in [3.8, 4) is 6.07 Å². The van der Waals surface area contributed by atoms with Gasteiger partial charge in [-0.15, -0.1) is 0 Å². The Bertz CT molecular complexity index is 1270. The SMILES string of the molecule is N#Cc1ccc(C(=O)Nc2cccc(S(=O)(=O)Nc3cccc(C(F)(F)F)c3)c2)cc1. The highest BCUT2D eigenvalue weighted by Crippen LogP contribution is 2.31. The third kappa shape index (κ3) is 5.40. The highest BCUT2D eigenvalue weighted by Gasteiger charge is 2.30. The quantitative estimate of drug-likeness (QED) is 0.598.